The molecule has 0 unspecified atom stereocenters. The van der Waals surface area contributed by atoms with E-state index in [0.29, 0.717) is 36.8 Å². The van der Waals surface area contributed by atoms with Crippen LogP contribution in [-0.2, 0) is 0 Å². The van der Waals surface area contributed by atoms with Crippen molar-refractivity contribution in [1.29, 1.82) is 0 Å². The van der Waals surface area contributed by atoms with E-state index in [0.717, 1.165) is 47.9 Å². The zero-order valence-electron chi connectivity index (χ0n) is 31.4. The molecule has 11 heteroatoms. The lowest BCUT2D eigenvalue weighted by Crippen LogP contribution is -2.45. The van der Waals surface area contributed by atoms with Crippen molar-refractivity contribution in [3.05, 3.63) is 143 Å². The Morgan fingerprint density at radius 1 is 0.643 bits per heavy atom. The van der Waals surface area contributed by atoms with Crippen LogP contribution in [0.3, 0.4) is 0 Å². The molecule has 2 fully saturated rings. The van der Waals surface area contributed by atoms with Crippen LogP contribution in [0.25, 0.3) is 0 Å². The second kappa shape index (κ2) is 19.4. The number of aliphatic hydroxyl groups is 2. The number of amides is 2. The zero-order chi connectivity index (χ0) is 40.0. The summed E-state index contributed by atoms with van der Waals surface area (Å²) in [5.74, 6) is 10.9. The van der Waals surface area contributed by atoms with Crippen LogP contribution in [-0.4, -0.2) is 56.4 Å². The number of hydrogen-bond acceptors (Lipinski definition) is 8. The molecule has 0 saturated heterocycles. The SMILES string of the molecule is Cc1cccc(C#C[C@@]2(O)CCC[C@@H](NC(=O)c3ccoc3)C2)c1.Cc1cccc(C#C[C@]2(O)CCC[C@H](NC(=O)c3ccoc3)C2)c1.O=C(O)c1ccoc1. The highest BCUT2D eigenvalue weighted by Gasteiger charge is 2.35. The number of furan rings is 3. The van der Waals surface area contributed by atoms with Gasteiger partial charge in [-0.2, -0.15) is 0 Å². The number of nitrogens with one attached hydrogen (secondary N) is 2. The van der Waals surface area contributed by atoms with E-state index in [1.807, 2.05) is 62.4 Å². The van der Waals surface area contributed by atoms with Gasteiger partial charge < -0.3 is 39.2 Å². The van der Waals surface area contributed by atoms with Crippen molar-refractivity contribution in [1.82, 2.24) is 10.6 Å². The van der Waals surface area contributed by atoms with E-state index in [1.165, 1.54) is 43.6 Å². The zero-order valence-corrected chi connectivity index (χ0v) is 31.4. The molecule has 11 nitrogen and oxygen atoms in total. The molecular weight excluding hydrogens is 713 g/mol. The number of rotatable bonds is 5. The molecule has 7 rings (SSSR count). The van der Waals surface area contributed by atoms with Crippen LogP contribution in [0, 0.1) is 37.5 Å². The number of carbonyl (C=O) groups excluding carboxylic acids is 2. The van der Waals surface area contributed by atoms with E-state index in [1.54, 1.807) is 12.1 Å². The van der Waals surface area contributed by atoms with Crippen LogP contribution >= 0.6 is 0 Å². The van der Waals surface area contributed by atoms with Gasteiger partial charge in [-0.15, -0.1) is 0 Å². The molecule has 2 amide bonds. The molecule has 0 radical (unpaired) electrons. The Bertz CT molecular complexity index is 2030. The molecule has 4 atom stereocenters. The van der Waals surface area contributed by atoms with Crippen LogP contribution in [0.1, 0.15) is 105 Å². The number of carboxylic acid groups (broad SMARTS) is 1. The number of benzene rings is 2. The molecule has 2 aliphatic carbocycles. The molecule has 2 aliphatic rings. The lowest BCUT2D eigenvalue weighted by molar-refractivity contribution is 0.0443. The smallest absolute Gasteiger partial charge is 0.338 e. The fourth-order valence-corrected chi connectivity index (χ4v) is 6.51. The molecule has 3 aromatic heterocycles. The minimum Gasteiger partial charge on any atom is -0.478 e. The summed E-state index contributed by atoms with van der Waals surface area (Å²) >= 11 is 0. The van der Waals surface area contributed by atoms with Gasteiger partial charge >= 0.3 is 5.97 Å². The molecule has 2 aromatic carbocycles. The van der Waals surface area contributed by atoms with Crippen molar-refractivity contribution >= 4 is 17.8 Å². The third-order valence-electron chi connectivity index (χ3n) is 9.37. The first-order valence-electron chi connectivity index (χ1n) is 18.4. The number of aromatic carboxylic acids is 1. The predicted octanol–water partition coefficient (Wildman–Crippen LogP) is 7.06. The second-order valence-electron chi connectivity index (χ2n) is 14.2. The van der Waals surface area contributed by atoms with Crippen LogP contribution in [0.15, 0.2) is 118 Å². The summed E-state index contributed by atoms with van der Waals surface area (Å²) < 4.78 is 14.4. The molecule has 3 heterocycles. The van der Waals surface area contributed by atoms with Crippen LogP contribution in [0.4, 0.5) is 0 Å². The molecule has 290 valence electrons. The molecule has 0 bridgehead atoms. The fraction of sp³-hybridized carbons (Fsp3) is 0.311. The maximum Gasteiger partial charge on any atom is 0.338 e. The second-order valence-corrected chi connectivity index (χ2v) is 14.2. The van der Waals surface area contributed by atoms with Gasteiger partial charge in [0.15, 0.2) is 0 Å². The molecular formula is C45H46N2O9. The van der Waals surface area contributed by atoms with Gasteiger partial charge in [0.2, 0.25) is 0 Å². The Labute approximate surface area is 326 Å². The highest BCUT2D eigenvalue weighted by atomic mass is 16.4. The van der Waals surface area contributed by atoms with E-state index in [4.69, 9.17) is 13.9 Å². The van der Waals surface area contributed by atoms with Crippen LogP contribution in [0.5, 0.6) is 0 Å². The number of carboxylic acids is 1. The quantitative estimate of drug-likeness (QED) is 0.118. The summed E-state index contributed by atoms with van der Waals surface area (Å²) in [6, 6.07) is 20.3. The Kier molecular flexibility index (Phi) is 14.1. The maximum atomic E-state index is 12.1. The first-order valence-corrected chi connectivity index (χ1v) is 18.4. The van der Waals surface area contributed by atoms with Crippen LogP contribution < -0.4 is 10.6 Å². The maximum absolute atomic E-state index is 12.1. The monoisotopic (exact) mass is 758 g/mol. The number of carbonyl (C=O) groups is 3. The van der Waals surface area contributed by atoms with Gasteiger partial charge in [-0.25, -0.2) is 4.79 Å². The fourth-order valence-electron chi connectivity index (χ4n) is 6.51. The highest BCUT2D eigenvalue weighted by Crippen LogP contribution is 2.29. The molecule has 0 aliphatic heterocycles. The summed E-state index contributed by atoms with van der Waals surface area (Å²) in [7, 11) is 0. The Morgan fingerprint density at radius 2 is 1.05 bits per heavy atom. The molecule has 56 heavy (non-hydrogen) atoms. The van der Waals surface area contributed by atoms with Crippen molar-refractivity contribution in [2.24, 2.45) is 0 Å². The van der Waals surface area contributed by atoms with Gasteiger partial charge in [0.1, 0.15) is 30.0 Å². The summed E-state index contributed by atoms with van der Waals surface area (Å²) in [6.45, 7) is 4.03. The summed E-state index contributed by atoms with van der Waals surface area (Å²) in [4.78, 5) is 34.2. The van der Waals surface area contributed by atoms with Crippen molar-refractivity contribution < 1.29 is 43.0 Å². The summed E-state index contributed by atoms with van der Waals surface area (Å²) in [5, 5.41) is 35.7. The minimum atomic E-state index is -1.06. The number of hydrogen-bond donors (Lipinski definition) is 5. The third kappa shape index (κ3) is 12.7. The third-order valence-corrected chi connectivity index (χ3v) is 9.37. The Balaban J connectivity index is 0.000000179. The lowest BCUT2D eigenvalue weighted by Gasteiger charge is -2.33. The van der Waals surface area contributed by atoms with E-state index >= 15 is 0 Å². The van der Waals surface area contributed by atoms with E-state index < -0.39 is 17.2 Å². The van der Waals surface area contributed by atoms with Gasteiger partial charge in [0.05, 0.1) is 35.5 Å². The highest BCUT2D eigenvalue weighted by molar-refractivity contribution is 5.94. The minimum absolute atomic E-state index is 0.0852. The van der Waals surface area contributed by atoms with Gasteiger partial charge in [-0.05, 0) is 106 Å². The van der Waals surface area contributed by atoms with Crippen molar-refractivity contribution in [3.63, 3.8) is 0 Å². The largest absolute Gasteiger partial charge is 0.478 e. The average molecular weight is 759 g/mol. The van der Waals surface area contributed by atoms with Crippen molar-refractivity contribution in [2.45, 2.75) is 88.5 Å². The molecule has 2 saturated carbocycles. The molecule has 5 N–H and O–H groups in total. The first-order chi connectivity index (χ1) is 26.9. The normalized spacial score (nSPS) is 21.1. The van der Waals surface area contributed by atoms with E-state index in [9.17, 15) is 24.6 Å². The predicted molar refractivity (Wildman–Crippen MR) is 209 cm³/mol. The molecule has 5 aromatic rings. The lowest BCUT2D eigenvalue weighted by atomic mass is 9.82. The first kappa shape index (κ1) is 40.9. The van der Waals surface area contributed by atoms with Crippen LogP contribution in [0.2, 0.25) is 0 Å². The Morgan fingerprint density at radius 3 is 1.39 bits per heavy atom. The topological polar surface area (TPSA) is 175 Å². The standard InChI is InChI=1S/2C20H21NO3.C5H4O3/c2*1-15-4-2-5-16(12-15)7-10-20(23)9-3-6-18(13-20)21-19(22)17-8-11-24-14-17;6-5(7)4-1-2-8-3-4/h2*2,4-5,8,11-12,14,18,23H,3,6,9,13H2,1H3,(H,21,22);1-3H,(H,6,7)/t2*18-,20+;/m10./s1. The van der Waals surface area contributed by atoms with Gasteiger partial charge in [-0.1, -0.05) is 47.9 Å². The van der Waals surface area contributed by atoms with Gasteiger partial charge in [0, 0.05) is 36.1 Å². The van der Waals surface area contributed by atoms with E-state index in [-0.39, 0.29) is 29.5 Å². The summed E-state index contributed by atoms with van der Waals surface area (Å²) in [6.07, 6.45) is 13.8. The van der Waals surface area contributed by atoms with Gasteiger partial charge in [-0.3, -0.25) is 9.59 Å². The number of aryl methyl sites for hydroxylation is 2. The Hall–Kier alpha value is -6.27. The van der Waals surface area contributed by atoms with Crippen molar-refractivity contribution in [3.8, 4) is 23.7 Å². The summed E-state index contributed by atoms with van der Waals surface area (Å²) in [5.41, 5.74) is 3.13. The average Bonchev–Trinajstić information content (AvgIpc) is 3.99. The van der Waals surface area contributed by atoms with E-state index in [2.05, 4.69) is 38.7 Å². The van der Waals surface area contributed by atoms with Crippen molar-refractivity contribution in [2.75, 3.05) is 0 Å². The molecule has 0 spiro atoms. The van der Waals surface area contributed by atoms with Gasteiger partial charge in [0.25, 0.3) is 11.8 Å².